The van der Waals surface area contributed by atoms with Crippen LogP contribution < -0.4 is 25.2 Å². The summed E-state index contributed by atoms with van der Waals surface area (Å²) < 4.78 is 11.0. The maximum atomic E-state index is 12.3. The van der Waals surface area contributed by atoms with Crippen molar-refractivity contribution in [3.63, 3.8) is 0 Å². The molecule has 0 fully saturated rings. The normalized spacial score (nSPS) is 14.7. The van der Waals surface area contributed by atoms with Gasteiger partial charge in [-0.2, -0.15) is 0 Å². The first-order valence-corrected chi connectivity index (χ1v) is 10.6. The summed E-state index contributed by atoms with van der Waals surface area (Å²) in [6.45, 7) is 2.12. The largest absolute Gasteiger partial charge is 0.486 e. The van der Waals surface area contributed by atoms with E-state index in [0.717, 1.165) is 35.7 Å². The van der Waals surface area contributed by atoms with Crippen molar-refractivity contribution in [2.45, 2.75) is 17.7 Å². The molecule has 2 amide bonds. The van der Waals surface area contributed by atoms with Crippen LogP contribution in [0.3, 0.4) is 0 Å². The number of hydrogen-bond acceptors (Lipinski definition) is 6. The van der Waals surface area contributed by atoms with Gasteiger partial charge in [-0.1, -0.05) is 18.2 Å². The third-order valence-electron chi connectivity index (χ3n) is 4.77. The van der Waals surface area contributed by atoms with Gasteiger partial charge < -0.3 is 14.4 Å². The zero-order valence-corrected chi connectivity index (χ0v) is 16.8. The second-order valence-electron chi connectivity index (χ2n) is 6.84. The topological polar surface area (TPSA) is 79.9 Å². The lowest BCUT2D eigenvalue weighted by Crippen LogP contribution is -2.47. The van der Waals surface area contributed by atoms with Crippen molar-refractivity contribution in [2.24, 2.45) is 0 Å². The number of nitrogens with zero attached hydrogens (tertiary/aromatic N) is 1. The van der Waals surface area contributed by atoms with E-state index in [1.165, 1.54) is 17.3 Å². The Morgan fingerprint density at radius 1 is 1.00 bits per heavy atom. The summed E-state index contributed by atoms with van der Waals surface area (Å²) in [5.41, 5.74) is 7.34. The van der Waals surface area contributed by atoms with Crippen molar-refractivity contribution >= 4 is 29.3 Å². The number of nitrogens with one attached hydrogen (secondary N) is 2. The minimum absolute atomic E-state index is 0.187. The van der Waals surface area contributed by atoms with Crippen LogP contribution in [-0.2, 0) is 16.0 Å². The fraction of sp³-hybridized carbons (Fsp3) is 0.333. The van der Waals surface area contributed by atoms with E-state index in [9.17, 15) is 9.59 Å². The standard InChI is InChI=1S/C21H23N3O4S/c25-20(13-24-9-3-5-15-4-1-2-6-17(15)24)22-23-21(26)14-29-16-7-8-18-19(12-16)28-11-10-27-18/h1-2,4,6-8,12H,3,5,9-11,13-14H2,(H,22,25)(H,23,26). The highest BCUT2D eigenvalue weighted by Crippen LogP contribution is 2.34. The van der Waals surface area contributed by atoms with Crippen molar-refractivity contribution in [1.29, 1.82) is 0 Å². The van der Waals surface area contributed by atoms with Crippen LogP contribution in [0, 0.1) is 0 Å². The van der Waals surface area contributed by atoms with E-state index in [2.05, 4.69) is 16.9 Å². The van der Waals surface area contributed by atoms with E-state index < -0.39 is 0 Å². The van der Waals surface area contributed by atoms with E-state index in [1.807, 2.05) is 41.3 Å². The quantitative estimate of drug-likeness (QED) is 0.578. The third-order valence-corrected chi connectivity index (χ3v) is 5.76. The molecule has 0 spiro atoms. The van der Waals surface area contributed by atoms with Crippen molar-refractivity contribution < 1.29 is 19.1 Å². The highest BCUT2D eigenvalue weighted by Gasteiger charge is 2.19. The molecule has 0 aliphatic carbocycles. The van der Waals surface area contributed by atoms with Crippen LogP contribution in [0.25, 0.3) is 0 Å². The second-order valence-corrected chi connectivity index (χ2v) is 7.89. The molecule has 0 saturated heterocycles. The van der Waals surface area contributed by atoms with Gasteiger partial charge in [0.25, 0.3) is 5.91 Å². The van der Waals surface area contributed by atoms with Gasteiger partial charge in [0.05, 0.1) is 12.3 Å². The van der Waals surface area contributed by atoms with E-state index in [-0.39, 0.29) is 24.1 Å². The van der Waals surface area contributed by atoms with Crippen LogP contribution in [-0.4, -0.2) is 43.9 Å². The average molecular weight is 413 g/mol. The maximum absolute atomic E-state index is 12.3. The fourth-order valence-electron chi connectivity index (χ4n) is 3.43. The minimum Gasteiger partial charge on any atom is -0.486 e. The number of hydrazine groups is 1. The molecule has 0 bridgehead atoms. The zero-order chi connectivity index (χ0) is 20.1. The zero-order valence-electron chi connectivity index (χ0n) is 16.0. The number of para-hydroxylation sites is 1. The number of thioether (sulfide) groups is 1. The molecule has 2 aromatic rings. The first kappa shape index (κ1) is 19.4. The Morgan fingerprint density at radius 3 is 2.69 bits per heavy atom. The summed E-state index contributed by atoms with van der Waals surface area (Å²) in [7, 11) is 0. The lowest BCUT2D eigenvalue weighted by atomic mass is 10.0. The van der Waals surface area contributed by atoms with E-state index in [4.69, 9.17) is 9.47 Å². The number of ether oxygens (including phenoxy) is 2. The van der Waals surface area contributed by atoms with Gasteiger partial charge in [0, 0.05) is 17.1 Å². The fourth-order valence-corrected chi connectivity index (χ4v) is 4.15. The molecule has 4 rings (SSSR count). The number of amides is 2. The number of aryl methyl sites for hydroxylation is 1. The summed E-state index contributed by atoms with van der Waals surface area (Å²) in [6.07, 6.45) is 2.05. The van der Waals surface area contributed by atoms with Gasteiger partial charge in [-0.15, -0.1) is 11.8 Å². The Labute approximate surface area is 173 Å². The van der Waals surface area contributed by atoms with Crippen molar-refractivity contribution in [3.05, 3.63) is 48.0 Å². The van der Waals surface area contributed by atoms with Crippen molar-refractivity contribution in [2.75, 3.05) is 37.0 Å². The maximum Gasteiger partial charge on any atom is 0.257 e. The predicted octanol–water partition coefficient (Wildman–Crippen LogP) is 2.15. The molecule has 29 heavy (non-hydrogen) atoms. The lowest BCUT2D eigenvalue weighted by molar-refractivity contribution is -0.126. The minimum atomic E-state index is -0.266. The Kier molecular flexibility index (Phi) is 6.09. The van der Waals surface area contributed by atoms with Crippen LogP contribution in [0.5, 0.6) is 11.5 Å². The number of rotatable bonds is 5. The van der Waals surface area contributed by atoms with Crippen LogP contribution in [0.1, 0.15) is 12.0 Å². The van der Waals surface area contributed by atoms with Gasteiger partial charge in [0.15, 0.2) is 11.5 Å². The van der Waals surface area contributed by atoms with E-state index in [1.54, 1.807) is 0 Å². The summed E-state index contributed by atoms with van der Waals surface area (Å²) in [5.74, 6) is 1.09. The smallest absolute Gasteiger partial charge is 0.257 e. The molecular formula is C21H23N3O4S. The van der Waals surface area contributed by atoms with Crippen LogP contribution in [0.2, 0.25) is 0 Å². The first-order valence-electron chi connectivity index (χ1n) is 9.62. The van der Waals surface area contributed by atoms with E-state index in [0.29, 0.717) is 19.0 Å². The summed E-state index contributed by atoms with van der Waals surface area (Å²) in [5, 5.41) is 0. The highest BCUT2D eigenvalue weighted by atomic mass is 32.2. The second kappa shape index (κ2) is 9.09. The molecule has 0 saturated carbocycles. The number of hydrogen-bond donors (Lipinski definition) is 2. The molecule has 8 heteroatoms. The van der Waals surface area contributed by atoms with E-state index >= 15 is 0 Å². The summed E-state index contributed by atoms with van der Waals surface area (Å²) in [6, 6.07) is 13.7. The molecule has 2 N–H and O–H groups in total. The first-order chi connectivity index (χ1) is 14.2. The predicted molar refractivity (Wildman–Crippen MR) is 111 cm³/mol. The van der Waals surface area contributed by atoms with Crippen molar-refractivity contribution in [3.8, 4) is 11.5 Å². The molecule has 0 radical (unpaired) electrons. The molecule has 2 heterocycles. The van der Waals surface area contributed by atoms with Gasteiger partial charge in [0.1, 0.15) is 13.2 Å². The van der Waals surface area contributed by atoms with Gasteiger partial charge in [-0.3, -0.25) is 20.4 Å². The van der Waals surface area contributed by atoms with Crippen LogP contribution in [0.15, 0.2) is 47.4 Å². The number of benzene rings is 2. The Morgan fingerprint density at radius 2 is 1.79 bits per heavy atom. The molecule has 2 aliphatic rings. The van der Waals surface area contributed by atoms with Crippen LogP contribution >= 0.6 is 11.8 Å². The number of anilines is 1. The summed E-state index contributed by atoms with van der Waals surface area (Å²) >= 11 is 1.37. The average Bonchev–Trinajstić information content (AvgIpc) is 2.76. The Hall–Kier alpha value is -2.87. The molecule has 0 aromatic heterocycles. The summed E-state index contributed by atoms with van der Waals surface area (Å²) in [4.78, 5) is 27.3. The van der Waals surface area contributed by atoms with Crippen molar-refractivity contribution in [1.82, 2.24) is 10.9 Å². The van der Waals surface area contributed by atoms with Gasteiger partial charge in [-0.25, -0.2) is 0 Å². The highest BCUT2D eigenvalue weighted by molar-refractivity contribution is 8.00. The SMILES string of the molecule is O=C(CSc1ccc2c(c1)OCCO2)NNC(=O)CN1CCCc2ccccc21. The molecule has 7 nitrogen and oxygen atoms in total. The number of carbonyl (C=O) groups is 2. The monoisotopic (exact) mass is 413 g/mol. The molecular weight excluding hydrogens is 390 g/mol. The Balaban J connectivity index is 1.22. The van der Waals surface area contributed by atoms with Gasteiger partial charge in [0.2, 0.25) is 5.91 Å². The van der Waals surface area contributed by atoms with Gasteiger partial charge in [-0.05, 0) is 42.7 Å². The Bertz CT molecular complexity index is 905. The van der Waals surface area contributed by atoms with Crippen LogP contribution in [0.4, 0.5) is 5.69 Å². The third kappa shape index (κ3) is 4.95. The lowest BCUT2D eigenvalue weighted by Gasteiger charge is -2.30. The molecule has 0 atom stereocenters. The molecule has 0 unspecified atom stereocenters. The number of fused-ring (bicyclic) bond motifs is 2. The molecule has 2 aliphatic heterocycles. The number of carbonyl (C=O) groups excluding carboxylic acids is 2. The van der Waals surface area contributed by atoms with Gasteiger partial charge >= 0.3 is 0 Å². The molecule has 152 valence electrons. The molecule has 2 aromatic carbocycles.